The lowest BCUT2D eigenvalue weighted by Gasteiger charge is -2.39. The second kappa shape index (κ2) is 6.93. The fourth-order valence-corrected chi connectivity index (χ4v) is 2.50. The van der Waals surface area contributed by atoms with Gasteiger partial charge in [0, 0.05) is 12.2 Å². The molecule has 0 heterocycles. The summed E-state index contributed by atoms with van der Waals surface area (Å²) in [7, 11) is 0. The topological polar surface area (TPSA) is 47.3 Å². The highest BCUT2D eigenvalue weighted by Gasteiger charge is 2.38. The highest BCUT2D eigenvalue weighted by Crippen LogP contribution is 2.36. The average Bonchev–Trinajstić information content (AvgIpc) is 2.43. The third-order valence-corrected chi connectivity index (χ3v) is 3.61. The van der Waals surface area contributed by atoms with Crippen LogP contribution in [0.3, 0.4) is 0 Å². The van der Waals surface area contributed by atoms with E-state index in [1.54, 1.807) is 0 Å². The molecule has 0 aromatic heterocycles. The van der Waals surface area contributed by atoms with Crippen molar-refractivity contribution in [3.05, 3.63) is 35.4 Å². The number of benzene rings is 1. The number of halogens is 2. The Hall–Kier alpha value is -1.04. The molecule has 1 aromatic rings. The molecular formula is C14H22F2N2O. The van der Waals surface area contributed by atoms with Crippen molar-refractivity contribution in [2.24, 2.45) is 5.84 Å². The van der Waals surface area contributed by atoms with Crippen LogP contribution in [0.5, 0.6) is 0 Å². The van der Waals surface area contributed by atoms with Gasteiger partial charge in [-0.3, -0.25) is 5.84 Å². The molecule has 1 atom stereocenters. The molecule has 0 saturated heterocycles. The molecule has 0 aliphatic heterocycles. The third kappa shape index (κ3) is 3.11. The predicted octanol–water partition coefficient (Wildman–Crippen LogP) is 3.06. The zero-order valence-corrected chi connectivity index (χ0v) is 11.7. The van der Waals surface area contributed by atoms with Gasteiger partial charge in [0.2, 0.25) is 0 Å². The minimum atomic E-state index is -0.879. The van der Waals surface area contributed by atoms with Crippen LogP contribution in [0.1, 0.15) is 45.2 Å². The minimum absolute atomic E-state index is 0.194. The minimum Gasteiger partial charge on any atom is -0.373 e. The fourth-order valence-electron chi connectivity index (χ4n) is 2.50. The predicted molar refractivity (Wildman–Crippen MR) is 71.4 cm³/mol. The van der Waals surface area contributed by atoms with Crippen LogP contribution in [0, 0.1) is 11.6 Å². The maximum atomic E-state index is 14.0. The van der Waals surface area contributed by atoms with Gasteiger partial charge in [0.1, 0.15) is 0 Å². The zero-order valence-electron chi connectivity index (χ0n) is 11.7. The van der Waals surface area contributed by atoms with E-state index in [1.165, 1.54) is 12.1 Å². The maximum absolute atomic E-state index is 14.0. The second-order valence-electron chi connectivity index (χ2n) is 4.45. The number of ether oxygens (including phenoxy) is 1. The van der Waals surface area contributed by atoms with Gasteiger partial charge in [0.25, 0.3) is 0 Å². The molecule has 0 bridgehead atoms. The van der Waals surface area contributed by atoms with Crippen molar-refractivity contribution in [1.82, 2.24) is 5.43 Å². The molecule has 19 heavy (non-hydrogen) atoms. The fraction of sp³-hybridized carbons (Fsp3) is 0.571. The van der Waals surface area contributed by atoms with Crippen LogP contribution in [0.15, 0.2) is 18.2 Å². The van der Waals surface area contributed by atoms with Gasteiger partial charge in [-0.1, -0.05) is 26.0 Å². The summed E-state index contributed by atoms with van der Waals surface area (Å²) in [5, 5.41) is 0. The third-order valence-electron chi connectivity index (χ3n) is 3.61. The first kappa shape index (κ1) is 16.0. The van der Waals surface area contributed by atoms with Crippen molar-refractivity contribution in [2.75, 3.05) is 6.61 Å². The molecule has 0 spiro atoms. The van der Waals surface area contributed by atoms with Crippen molar-refractivity contribution in [2.45, 2.75) is 45.3 Å². The lowest BCUT2D eigenvalue weighted by atomic mass is 9.84. The highest BCUT2D eigenvalue weighted by molar-refractivity contribution is 5.25. The summed E-state index contributed by atoms with van der Waals surface area (Å²) in [4.78, 5) is 0. The molecule has 1 unspecified atom stereocenters. The van der Waals surface area contributed by atoms with E-state index in [0.717, 1.165) is 6.07 Å². The summed E-state index contributed by atoms with van der Waals surface area (Å²) in [6, 6.07) is 3.49. The number of nitrogens with two attached hydrogens (primary N) is 1. The van der Waals surface area contributed by atoms with Gasteiger partial charge < -0.3 is 4.74 Å². The summed E-state index contributed by atoms with van der Waals surface area (Å²) in [5.74, 6) is 3.81. The molecule has 0 aliphatic carbocycles. The summed E-state index contributed by atoms with van der Waals surface area (Å²) in [5.41, 5.74) is 2.12. The number of hydrazine groups is 1. The van der Waals surface area contributed by atoms with Crippen molar-refractivity contribution in [1.29, 1.82) is 0 Å². The van der Waals surface area contributed by atoms with Crippen LogP contribution < -0.4 is 11.3 Å². The standard InChI is InChI=1S/C14H22F2N2O/c1-4-14(5-2,19-6-3)13(18-17)10-8-7-9-11(15)12(10)16/h7-9,13,18H,4-6,17H2,1-3H3. The van der Waals surface area contributed by atoms with E-state index in [2.05, 4.69) is 5.43 Å². The van der Waals surface area contributed by atoms with Crippen LogP contribution in [0.2, 0.25) is 0 Å². The Labute approximate surface area is 113 Å². The van der Waals surface area contributed by atoms with Crippen LogP contribution in [0.25, 0.3) is 0 Å². The summed E-state index contributed by atoms with van der Waals surface area (Å²) in [6.45, 7) is 6.24. The van der Waals surface area contributed by atoms with E-state index < -0.39 is 23.3 Å². The molecule has 1 rings (SSSR count). The van der Waals surface area contributed by atoms with E-state index in [1.807, 2.05) is 20.8 Å². The number of hydrogen-bond donors (Lipinski definition) is 2. The zero-order chi connectivity index (χ0) is 14.5. The van der Waals surface area contributed by atoms with E-state index in [0.29, 0.717) is 19.4 Å². The van der Waals surface area contributed by atoms with E-state index in [-0.39, 0.29) is 5.56 Å². The largest absolute Gasteiger partial charge is 0.373 e. The van der Waals surface area contributed by atoms with Gasteiger partial charge in [-0.2, -0.15) is 0 Å². The van der Waals surface area contributed by atoms with Crippen LogP contribution in [-0.2, 0) is 4.74 Å². The molecular weight excluding hydrogens is 250 g/mol. The molecule has 0 radical (unpaired) electrons. The lowest BCUT2D eigenvalue weighted by molar-refractivity contribution is -0.0742. The van der Waals surface area contributed by atoms with Gasteiger partial charge in [-0.05, 0) is 25.8 Å². The van der Waals surface area contributed by atoms with Crippen LogP contribution in [0.4, 0.5) is 8.78 Å². The molecule has 3 nitrogen and oxygen atoms in total. The van der Waals surface area contributed by atoms with Gasteiger partial charge in [0.15, 0.2) is 11.6 Å². The van der Waals surface area contributed by atoms with Crippen molar-refractivity contribution < 1.29 is 13.5 Å². The normalized spacial score (nSPS) is 13.6. The Morgan fingerprint density at radius 1 is 1.26 bits per heavy atom. The summed E-state index contributed by atoms with van der Waals surface area (Å²) in [6.07, 6.45) is 1.28. The average molecular weight is 272 g/mol. The lowest BCUT2D eigenvalue weighted by Crippen LogP contribution is -2.48. The van der Waals surface area contributed by atoms with E-state index in [9.17, 15) is 8.78 Å². The first-order valence-electron chi connectivity index (χ1n) is 6.60. The summed E-state index contributed by atoms with van der Waals surface area (Å²) >= 11 is 0. The Kier molecular flexibility index (Phi) is 5.85. The van der Waals surface area contributed by atoms with E-state index in [4.69, 9.17) is 10.6 Å². The maximum Gasteiger partial charge on any atom is 0.163 e. The summed E-state index contributed by atoms with van der Waals surface area (Å²) < 4.78 is 33.1. The van der Waals surface area contributed by atoms with Gasteiger partial charge in [-0.25, -0.2) is 14.2 Å². The first-order chi connectivity index (χ1) is 9.06. The van der Waals surface area contributed by atoms with E-state index >= 15 is 0 Å². The molecule has 0 amide bonds. The van der Waals surface area contributed by atoms with Gasteiger partial charge in [0.05, 0.1) is 11.6 Å². The highest BCUT2D eigenvalue weighted by atomic mass is 19.2. The number of hydrogen-bond acceptors (Lipinski definition) is 3. The van der Waals surface area contributed by atoms with Crippen LogP contribution >= 0.6 is 0 Å². The number of rotatable bonds is 7. The number of nitrogens with one attached hydrogen (secondary N) is 1. The molecule has 0 saturated carbocycles. The Morgan fingerprint density at radius 3 is 2.37 bits per heavy atom. The molecule has 0 aliphatic rings. The quantitative estimate of drug-likeness (QED) is 0.592. The molecule has 1 aromatic carbocycles. The van der Waals surface area contributed by atoms with Crippen molar-refractivity contribution >= 4 is 0 Å². The van der Waals surface area contributed by atoms with Crippen molar-refractivity contribution in [3.63, 3.8) is 0 Å². The van der Waals surface area contributed by atoms with Crippen LogP contribution in [-0.4, -0.2) is 12.2 Å². The molecule has 0 fully saturated rings. The molecule has 3 N–H and O–H groups in total. The first-order valence-corrected chi connectivity index (χ1v) is 6.60. The molecule has 108 valence electrons. The Balaban J connectivity index is 3.27. The Morgan fingerprint density at radius 2 is 1.89 bits per heavy atom. The Bertz CT molecular complexity index is 408. The van der Waals surface area contributed by atoms with Gasteiger partial charge in [-0.15, -0.1) is 0 Å². The van der Waals surface area contributed by atoms with Crippen molar-refractivity contribution in [3.8, 4) is 0 Å². The second-order valence-corrected chi connectivity index (χ2v) is 4.45. The monoisotopic (exact) mass is 272 g/mol. The smallest absolute Gasteiger partial charge is 0.163 e. The molecule has 5 heteroatoms. The van der Waals surface area contributed by atoms with Gasteiger partial charge >= 0.3 is 0 Å². The SMILES string of the molecule is CCOC(CC)(CC)C(NN)c1cccc(F)c1F.